The van der Waals surface area contributed by atoms with Gasteiger partial charge in [0.1, 0.15) is 5.75 Å². The van der Waals surface area contributed by atoms with E-state index in [0.717, 1.165) is 17.9 Å². The first-order chi connectivity index (χ1) is 9.12. The maximum absolute atomic E-state index is 10.8. The summed E-state index contributed by atoms with van der Waals surface area (Å²) in [6.07, 6.45) is 0.739. The summed E-state index contributed by atoms with van der Waals surface area (Å²) in [6.45, 7) is 13.0. The Hall–Kier alpha value is -1.06. The van der Waals surface area contributed by atoms with Crippen LogP contribution in [-0.2, 0) is 5.60 Å². The molecule has 0 amide bonds. The van der Waals surface area contributed by atoms with E-state index in [0.29, 0.717) is 6.42 Å². The third-order valence-electron chi connectivity index (χ3n) is 3.10. The normalized spacial score (nSPS) is 15.2. The molecule has 1 aromatic rings. The average Bonchev–Trinajstić information content (AvgIpc) is 2.26. The van der Waals surface area contributed by atoms with Crippen LogP contribution in [0.1, 0.15) is 53.5 Å². The lowest BCUT2D eigenvalue weighted by Crippen LogP contribution is -2.39. The number of hydrogen-bond acceptors (Lipinski definition) is 3. The highest BCUT2D eigenvalue weighted by Crippen LogP contribution is 2.32. The van der Waals surface area contributed by atoms with Crippen molar-refractivity contribution >= 4 is 0 Å². The number of rotatable bonds is 6. The van der Waals surface area contributed by atoms with Gasteiger partial charge >= 0.3 is 0 Å². The Morgan fingerprint density at radius 3 is 2.30 bits per heavy atom. The number of para-hydroxylation sites is 1. The van der Waals surface area contributed by atoms with Gasteiger partial charge in [-0.15, -0.1) is 0 Å². The molecule has 114 valence electrons. The zero-order valence-electron chi connectivity index (χ0n) is 13.7. The SMILES string of the molecule is CC(C)Oc1ccccc1C(C)(O)CCNC(C)(C)C. The third-order valence-corrected chi connectivity index (χ3v) is 3.10. The zero-order chi connectivity index (χ0) is 15.4. The van der Waals surface area contributed by atoms with Crippen LogP contribution < -0.4 is 10.1 Å². The molecule has 0 aromatic heterocycles. The van der Waals surface area contributed by atoms with E-state index >= 15 is 0 Å². The van der Waals surface area contributed by atoms with E-state index in [1.165, 1.54) is 0 Å². The van der Waals surface area contributed by atoms with Crippen LogP contribution in [0, 0.1) is 0 Å². The minimum Gasteiger partial charge on any atom is -0.491 e. The summed E-state index contributed by atoms with van der Waals surface area (Å²) in [5, 5.41) is 14.2. The van der Waals surface area contributed by atoms with Gasteiger partial charge in [-0.25, -0.2) is 0 Å². The van der Waals surface area contributed by atoms with Crippen molar-refractivity contribution in [2.24, 2.45) is 0 Å². The highest BCUT2D eigenvalue weighted by molar-refractivity contribution is 5.37. The van der Waals surface area contributed by atoms with E-state index in [4.69, 9.17) is 4.74 Å². The van der Waals surface area contributed by atoms with Crippen molar-refractivity contribution in [3.63, 3.8) is 0 Å². The molecule has 1 unspecified atom stereocenters. The molecule has 0 heterocycles. The molecule has 1 aromatic carbocycles. The van der Waals surface area contributed by atoms with Gasteiger partial charge in [0, 0.05) is 11.1 Å². The standard InChI is InChI=1S/C17H29NO2/c1-13(2)20-15-10-8-7-9-14(15)17(6,19)11-12-18-16(3,4)5/h7-10,13,18-19H,11-12H2,1-6H3. The quantitative estimate of drug-likeness (QED) is 0.838. The summed E-state index contributed by atoms with van der Waals surface area (Å²) in [5.41, 5.74) is 0.0118. The van der Waals surface area contributed by atoms with Gasteiger partial charge in [0.25, 0.3) is 0 Å². The lowest BCUT2D eigenvalue weighted by atomic mass is 9.91. The van der Waals surface area contributed by atoms with E-state index in [1.54, 1.807) is 0 Å². The fourth-order valence-corrected chi connectivity index (χ4v) is 2.08. The molecular formula is C17H29NO2. The van der Waals surface area contributed by atoms with Crippen molar-refractivity contribution in [3.8, 4) is 5.75 Å². The van der Waals surface area contributed by atoms with Gasteiger partial charge in [-0.2, -0.15) is 0 Å². The smallest absolute Gasteiger partial charge is 0.125 e. The second kappa shape index (κ2) is 6.59. The Balaban J connectivity index is 2.81. The van der Waals surface area contributed by atoms with Crippen molar-refractivity contribution in [2.45, 2.75) is 65.2 Å². The van der Waals surface area contributed by atoms with Crippen LogP contribution in [0.2, 0.25) is 0 Å². The molecule has 1 atom stereocenters. The lowest BCUT2D eigenvalue weighted by Gasteiger charge is -2.29. The summed E-state index contributed by atoms with van der Waals surface area (Å²) >= 11 is 0. The molecule has 0 saturated heterocycles. The highest BCUT2D eigenvalue weighted by atomic mass is 16.5. The number of nitrogens with one attached hydrogen (secondary N) is 1. The summed E-state index contributed by atoms with van der Waals surface area (Å²) in [4.78, 5) is 0. The minimum atomic E-state index is -0.899. The fourth-order valence-electron chi connectivity index (χ4n) is 2.08. The van der Waals surface area contributed by atoms with Crippen molar-refractivity contribution in [3.05, 3.63) is 29.8 Å². The molecular weight excluding hydrogens is 250 g/mol. The van der Waals surface area contributed by atoms with Crippen molar-refractivity contribution in [2.75, 3.05) is 6.54 Å². The molecule has 0 fully saturated rings. The Bertz CT molecular complexity index is 419. The predicted molar refractivity (Wildman–Crippen MR) is 84.1 cm³/mol. The number of aliphatic hydroxyl groups is 1. The number of hydrogen-bond donors (Lipinski definition) is 2. The minimum absolute atomic E-state index is 0.0596. The van der Waals surface area contributed by atoms with E-state index in [9.17, 15) is 5.11 Å². The summed E-state index contributed by atoms with van der Waals surface area (Å²) in [5.74, 6) is 0.767. The van der Waals surface area contributed by atoms with Crippen LogP contribution in [0.4, 0.5) is 0 Å². The van der Waals surface area contributed by atoms with E-state index in [1.807, 2.05) is 45.0 Å². The Kier molecular flexibility index (Phi) is 5.60. The Labute approximate surface area is 123 Å². The number of ether oxygens (including phenoxy) is 1. The molecule has 0 bridgehead atoms. The molecule has 20 heavy (non-hydrogen) atoms. The molecule has 1 rings (SSSR count). The molecule has 2 N–H and O–H groups in total. The Morgan fingerprint density at radius 2 is 1.75 bits per heavy atom. The molecule has 0 saturated carbocycles. The number of benzene rings is 1. The largest absolute Gasteiger partial charge is 0.491 e. The summed E-state index contributed by atoms with van der Waals surface area (Å²) < 4.78 is 5.80. The van der Waals surface area contributed by atoms with Crippen LogP contribution >= 0.6 is 0 Å². The first kappa shape index (κ1) is 17.0. The maximum atomic E-state index is 10.8. The van der Waals surface area contributed by atoms with Gasteiger partial charge in [0.2, 0.25) is 0 Å². The van der Waals surface area contributed by atoms with Crippen molar-refractivity contribution in [1.29, 1.82) is 0 Å². The third kappa shape index (κ3) is 5.51. The van der Waals surface area contributed by atoms with Crippen LogP contribution in [0.15, 0.2) is 24.3 Å². The molecule has 0 aliphatic heterocycles. The Morgan fingerprint density at radius 1 is 1.15 bits per heavy atom. The van der Waals surface area contributed by atoms with Gasteiger partial charge in [-0.1, -0.05) is 18.2 Å². The topological polar surface area (TPSA) is 41.5 Å². The molecule has 0 spiro atoms. The maximum Gasteiger partial charge on any atom is 0.125 e. The molecule has 0 radical (unpaired) electrons. The molecule has 0 aliphatic carbocycles. The summed E-state index contributed by atoms with van der Waals surface area (Å²) in [7, 11) is 0. The van der Waals surface area contributed by atoms with Gasteiger partial charge in [0.15, 0.2) is 0 Å². The van der Waals surface area contributed by atoms with Crippen molar-refractivity contribution in [1.82, 2.24) is 5.32 Å². The molecule has 3 heteroatoms. The van der Waals surface area contributed by atoms with Gasteiger partial charge in [-0.05, 0) is 60.6 Å². The van der Waals surface area contributed by atoms with E-state index in [2.05, 4.69) is 26.1 Å². The van der Waals surface area contributed by atoms with Crippen molar-refractivity contribution < 1.29 is 9.84 Å². The average molecular weight is 279 g/mol. The lowest BCUT2D eigenvalue weighted by molar-refractivity contribution is 0.0422. The van der Waals surface area contributed by atoms with Crippen LogP contribution in [0.5, 0.6) is 5.75 Å². The second-order valence-corrected chi connectivity index (χ2v) is 6.86. The highest BCUT2D eigenvalue weighted by Gasteiger charge is 2.27. The second-order valence-electron chi connectivity index (χ2n) is 6.86. The summed E-state index contributed by atoms with van der Waals surface area (Å²) in [6, 6.07) is 7.73. The van der Waals surface area contributed by atoms with Gasteiger partial charge in [-0.3, -0.25) is 0 Å². The predicted octanol–water partition coefficient (Wildman–Crippen LogP) is 3.46. The molecule has 3 nitrogen and oxygen atoms in total. The fraction of sp³-hybridized carbons (Fsp3) is 0.647. The van der Waals surface area contributed by atoms with Gasteiger partial charge in [0.05, 0.1) is 11.7 Å². The van der Waals surface area contributed by atoms with Crippen LogP contribution in [0.25, 0.3) is 0 Å². The zero-order valence-corrected chi connectivity index (χ0v) is 13.7. The van der Waals surface area contributed by atoms with Crippen LogP contribution in [0.3, 0.4) is 0 Å². The van der Waals surface area contributed by atoms with Gasteiger partial charge < -0.3 is 15.2 Å². The molecule has 0 aliphatic rings. The van der Waals surface area contributed by atoms with Crippen LogP contribution in [-0.4, -0.2) is 23.3 Å². The first-order valence-corrected chi connectivity index (χ1v) is 7.35. The van der Waals surface area contributed by atoms with E-state index < -0.39 is 5.60 Å². The van der Waals surface area contributed by atoms with E-state index in [-0.39, 0.29) is 11.6 Å². The monoisotopic (exact) mass is 279 g/mol. The first-order valence-electron chi connectivity index (χ1n) is 7.35.